The van der Waals surface area contributed by atoms with E-state index < -0.39 is 114 Å². The molecule has 130 heavy (non-hydrogen) atoms. The molecule has 36 nitrogen and oxygen atoms in total. The maximum absolute atomic E-state index is 14.7. The first-order chi connectivity index (χ1) is 62.6. The van der Waals surface area contributed by atoms with Crippen molar-refractivity contribution in [1.29, 1.82) is 0 Å². The summed E-state index contributed by atoms with van der Waals surface area (Å²) < 4.78 is 71.5. The number of cyclic esters (lactones) is 1. The number of likely N-dealkylation sites (tertiary alicyclic amines) is 1. The second-order valence-electron chi connectivity index (χ2n) is 35.5. The Labute approximate surface area is 760 Å². The molecule has 2 bridgehead atoms. The number of esters is 1. The Morgan fingerprint density at radius 2 is 1.42 bits per heavy atom. The van der Waals surface area contributed by atoms with Crippen LogP contribution in [0, 0.1) is 29.6 Å². The molecule has 3 aromatic heterocycles. The van der Waals surface area contributed by atoms with Crippen molar-refractivity contribution in [2.45, 2.75) is 230 Å². The Morgan fingerprint density at radius 1 is 0.715 bits per heavy atom. The summed E-state index contributed by atoms with van der Waals surface area (Å²) >= 11 is 0. The van der Waals surface area contributed by atoms with E-state index in [0.29, 0.717) is 216 Å². The lowest BCUT2D eigenvalue weighted by molar-refractivity contribution is -0.265. The predicted molar refractivity (Wildman–Crippen MR) is 481 cm³/mol. The van der Waals surface area contributed by atoms with Gasteiger partial charge in [0.2, 0.25) is 17.6 Å². The topological polar surface area (TPSA) is 483 Å². The van der Waals surface area contributed by atoms with Gasteiger partial charge in [-0.3, -0.25) is 28.9 Å². The summed E-state index contributed by atoms with van der Waals surface area (Å²) in [7, 11) is 3.09. The number of oxazole rings is 1. The van der Waals surface area contributed by atoms with Crippen LogP contribution in [0.15, 0.2) is 94.7 Å². The van der Waals surface area contributed by atoms with Crippen LogP contribution in [-0.2, 0) is 100 Å². The summed E-state index contributed by atoms with van der Waals surface area (Å²) in [5, 5.41) is 58.2. The molecule has 0 spiro atoms. The number of carbonyl (C=O) groups excluding carboxylic acids is 7. The average Bonchev–Trinajstić information content (AvgIpc) is 1.61. The van der Waals surface area contributed by atoms with Crippen LogP contribution in [0.4, 0.5) is 16.6 Å². The molecule has 5 aromatic rings. The van der Waals surface area contributed by atoms with Crippen LogP contribution in [0.25, 0.3) is 33.4 Å². The van der Waals surface area contributed by atoms with E-state index in [1.807, 2.05) is 70.8 Å². The smallest absolute Gasteiger partial charge is 0.407 e. The molecule has 716 valence electrons. The number of nitrogens with two attached hydrogens (primary N) is 3. The van der Waals surface area contributed by atoms with E-state index in [1.54, 1.807) is 46.9 Å². The fourth-order valence-electron chi connectivity index (χ4n) is 18.1. The van der Waals surface area contributed by atoms with Crippen molar-refractivity contribution in [1.82, 2.24) is 50.1 Å². The van der Waals surface area contributed by atoms with Crippen LogP contribution in [-0.4, -0.2) is 307 Å². The minimum Gasteiger partial charge on any atom is -0.459 e. The molecule has 0 unspecified atom stereocenters. The number of rotatable bonds is 33. The second-order valence-corrected chi connectivity index (χ2v) is 35.5. The Kier molecular flexibility index (Phi) is 39.1. The van der Waals surface area contributed by atoms with Gasteiger partial charge in [-0.05, 0) is 155 Å². The zero-order valence-corrected chi connectivity index (χ0v) is 76.6. The van der Waals surface area contributed by atoms with Crippen molar-refractivity contribution in [2.75, 3.05) is 144 Å². The van der Waals surface area contributed by atoms with Gasteiger partial charge in [0, 0.05) is 102 Å². The lowest BCUT2D eigenvalue weighted by Gasteiger charge is -2.42. The van der Waals surface area contributed by atoms with Crippen LogP contribution in [0.2, 0.25) is 0 Å². The van der Waals surface area contributed by atoms with Gasteiger partial charge >= 0.3 is 12.1 Å². The highest BCUT2D eigenvalue weighted by Crippen LogP contribution is 2.40. The minimum atomic E-state index is -2.50. The summed E-state index contributed by atoms with van der Waals surface area (Å²) in [6.07, 6.45) is 9.90. The second kappa shape index (κ2) is 50.1. The molecule has 16 atom stereocenters. The number of amides is 4. The summed E-state index contributed by atoms with van der Waals surface area (Å²) in [5.74, 6) is -8.31. The van der Waals surface area contributed by atoms with Gasteiger partial charge < -0.3 is 115 Å². The van der Waals surface area contributed by atoms with Gasteiger partial charge in [-0.15, -0.1) is 0 Å². The molecule has 36 heteroatoms. The number of piperidine rings is 2. The highest BCUT2D eigenvalue weighted by atomic mass is 16.6. The van der Waals surface area contributed by atoms with E-state index >= 15 is 0 Å². The van der Waals surface area contributed by atoms with E-state index in [4.69, 9.17) is 78.8 Å². The predicted octanol–water partition coefficient (Wildman–Crippen LogP) is 6.56. The first-order valence-corrected chi connectivity index (χ1v) is 46.1. The number of ether oxygens (including phenoxy) is 11. The number of fused-ring (bicyclic) bond motifs is 6. The molecule has 2 aromatic carbocycles. The van der Waals surface area contributed by atoms with Crippen molar-refractivity contribution >= 4 is 75.3 Å². The number of hydrogen-bond acceptors (Lipinski definition) is 31. The molecule has 4 amide bonds. The number of nitrogens with one attached hydrogen (secondary N) is 2. The zero-order valence-electron chi connectivity index (χ0n) is 76.6. The normalized spacial score (nSPS) is 28.2. The lowest BCUT2D eigenvalue weighted by atomic mass is 9.80. The number of Topliss-reactive ketones (excluding diaryl/α,β-unsaturated/α-hetero) is 2. The Balaban J connectivity index is 0.523. The summed E-state index contributed by atoms with van der Waals surface area (Å²) in [5.41, 5.74) is 26.8. The Bertz CT molecular complexity index is 4670. The van der Waals surface area contributed by atoms with E-state index in [-0.39, 0.29) is 86.5 Å². The van der Waals surface area contributed by atoms with Crippen molar-refractivity contribution in [2.24, 2.45) is 35.3 Å². The molecular formula is C94H137N13O23. The monoisotopic (exact) mass is 1820 g/mol. The lowest BCUT2D eigenvalue weighted by Crippen LogP contribution is -2.61. The molecule has 12 N–H and O–H groups in total. The summed E-state index contributed by atoms with van der Waals surface area (Å²) in [4.78, 5) is 115. The molecular weight excluding hydrogens is 1680 g/mol. The number of aliphatic hydroxyl groups excluding tert-OH is 3. The molecule has 5 aliphatic heterocycles. The molecule has 0 radical (unpaired) electrons. The number of aromatic nitrogens is 5. The number of alkyl carbamates (subject to hydrolysis) is 1. The fourth-order valence-corrected chi connectivity index (χ4v) is 18.1. The molecule has 1 aliphatic carbocycles. The first-order valence-electron chi connectivity index (χ1n) is 46.1. The number of methoxy groups -OCH3 is 2. The summed E-state index contributed by atoms with van der Waals surface area (Å²) in [6.45, 7) is 18.1. The van der Waals surface area contributed by atoms with E-state index in [0.717, 1.165) is 33.6 Å². The van der Waals surface area contributed by atoms with Crippen molar-refractivity contribution in [3.8, 4) is 11.3 Å². The first kappa shape index (κ1) is 101. The largest absolute Gasteiger partial charge is 0.459 e. The SMILES string of the molecule is CO[C@H]1C[C@@H]2CC[C@@H](C)[C@@](O)(O2)C(=O)C(=O)N2CCCC[C@H]2C(=O)O[C@H]([C@H](N)C[C@@H]2CC[C@@H](OC(=O)NC3CCN(CC(=O)NCCOCCOCCOCCOCCOCCOCCC(=O)N4CCc5cc(Cn6nc(-c7ccc8oc(N)nc8c7)c7c(N)ncnc76)ccc5C4)CC3)[C@H](OC)C2)C[C@@H](O)[C@H](C)/C=C(\C)[C@@H](O)[C@@H](O)C(=O)[C@H](C)C[C@H](C)/C=C/C=C/C=C/1C. The van der Waals surface area contributed by atoms with Gasteiger partial charge in [-0.25, -0.2) is 24.2 Å². The molecule has 6 aliphatic rings. The quantitative estimate of drug-likeness (QED) is 0.00929. The van der Waals surface area contributed by atoms with Crippen LogP contribution in [0.3, 0.4) is 0 Å². The maximum Gasteiger partial charge on any atom is 0.407 e. The highest BCUT2D eigenvalue weighted by molar-refractivity contribution is 6.39. The molecule has 4 fully saturated rings. The fraction of sp³-hybridized carbons (Fsp3) is 0.649. The number of hydrogen-bond donors (Lipinski definition) is 9. The molecule has 3 saturated heterocycles. The minimum absolute atomic E-state index is 0.0125. The van der Waals surface area contributed by atoms with Gasteiger partial charge in [-0.2, -0.15) is 10.1 Å². The van der Waals surface area contributed by atoms with Gasteiger partial charge in [0.1, 0.15) is 53.8 Å². The highest BCUT2D eigenvalue weighted by Gasteiger charge is 2.53. The molecule has 1 saturated carbocycles. The standard InChI is InChI=1S/C94H137N13O23/c1-58-14-10-9-11-15-59(2)77(119-7)52-70-22-17-63(6)94(118,130-70)87(114)90(115)106-30-13-12-16-73(106)91(116)127-78(53-74(108)60(3)47-62(5)85(112)86(113)84(111)61(4)46-58)71(95)49-64-19-23-76(79(50-64)120-8)129-93(117)101-69-26-31-104(32-27-69)56-80(109)98-29-35-122-37-39-124-41-43-126-45-44-125-42-40-123-38-36-121-34-28-81(110)105-33-25-66-48-65(18-20-68(66)55-105)54-107-89-82(88(96)99-57-100-89)83(103-107)67-21-24-75-72(51-67)102-92(97)128-75/h9-11,14-15,18,20-21,24,47-48,51,57-58,60-61,63-64,69-71,73-74,76-79,85-86,108,112-113,118H,12-13,16-17,19,22-23,25-46,49-50,52-56,95H2,1-8H3,(H2,97,102)(H,98,109)(H,101,117)(H2,96,99,100)/b11-9+,14-10+,59-15+,62-47+/t58-,60-,61-,63-,64+,70+,71-,73+,74-,76-,77+,78+,79-,85-,86+,94-/m1/s1. The molecule has 8 heterocycles. The third-order valence-corrected chi connectivity index (χ3v) is 25.8. The number of allylic oxidation sites excluding steroid dienone is 5. The number of aliphatic hydroxyl groups is 4. The summed E-state index contributed by atoms with van der Waals surface area (Å²) in [6, 6.07) is 9.55. The number of benzene rings is 2. The molecule has 11 rings (SSSR count). The Morgan fingerprint density at radius 3 is 2.13 bits per heavy atom. The van der Waals surface area contributed by atoms with E-state index in [2.05, 4.69) is 43.8 Å². The van der Waals surface area contributed by atoms with Crippen LogP contribution in [0.1, 0.15) is 155 Å². The third kappa shape index (κ3) is 28.7. The Hall–Kier alpha value is -9.09. The maximum atomic E-state index is 14.7. The third-order valence-electron chi connectivity index (χ3n) is 25.8. The zero-order chi connectivity index (χ0) is 93.0. The van der Waals surface area contributed by atoms with Crippen LogP contribution >= 0.6 is 0 Å². The van der Waals surface area contributed by atoms with Crippen molar-refractivity contribution < 1.29 is 111 Å². The number of nitrogen functional groups attached to an aromatic ring is 2. The number of nitrogens with zero attached hydrogens (tertiary/aromatic N) is 8. The van der Waals surface area contributed by atoms with E-state index in [9.17, 15) is 54.0 Å². The number of ketones is 2. The van der Waals surface area contributed by atoms with Gasteiger partial charge in [0.25, 0.3) is 17.7 Å². The van der Waals surface area contributed by atoms with E-state index in [1.165, 1.54) is 19.0 Å². The van der Waals surface area contributed by atoms with Crippen LogP contribution in [0.5, 0.6) is 0 Å². The van der Waals surface area contributed by atoms with Gasteiger partial charge in [0.15, 0.2) is 17.0 Å². The van der Waals surface area contributed by atoms with Gasteiger partial charge in [-0.1, -0.05) is 82.4 Å². The average molecular weight is 1820 g/mol. The van der Waals surface area contributed by atoms with Gasteiger partial charge in [0.05, 0.1) is 129 Å². The number of anilines is 2. The van der Waals surface area contributed by atoms with Crippen molar-refractivity contribution in [3.63, 3.8) is 0 Å². The van der Waals surface area contributed by atoms with Crippen molar-refractivity contribution in [3.05, 3.63) is 107 Å². The number of carbonyl (C=O) groups is 7. The van der Waals surface area contributed by atoms with Crippen LogP contribution < -0.4 is 27.8 Å².